The molecule has 1 aromatic carbocycles. The lowest BCUT2D eigenvalue weighted by atomic mass is 10.1. The zero-order chi connectivity index (χ0) is 20.9. The van der Waals surface area contributed by atoms with Crippen LogP contribution in [0.3, 0.4) is 0 Å². The van der Waals surface area contributed by atoms with Crippen LogP contribution in [0.25, 0.3) is 0 Å². The van der Waals surface area contributed by atoms with Crippen molar-refractivity contribution in [2.24, 2.45) is 17.2 Å². The highest BCUT2D eigenvalue weighted by molar-refractivity contribution is 5.93. The van der Waals surface area contributed by atoms with E-state index in [0.717, 1.165) is 5.56 Å². The van der Waals surface area contributed by atoms with Crippen LogP contribution in [0.1, 0.15) is 31.7 Å². The lowest BCUT2D eigenvalue weighted by Gasteiger charge is -2.23. The Bertz CT molecular complexity index is 625. The first-order valence-electron chi connectivity index (χ1n) is 9.51. The summed E-state index contributed by atoms with van der Waals surface area (Å²) in [5.74, 6) is -1.28. The molecule has 0 aliphatic heterocycles. The molecule has 0 bridgehead atoms. The maximum atomic E-state index is 12.6. The van der Waals surface area contributed by atoms with Crippen molar-refractivity contribution in [1.82, 2.24) is 16.0 Å². The Labute approximate surface area is 165 Å². The minimum absolute atomic E-state index is 0.0238. The molecule has 3 atom stereocenters. The highest BCUT2D eigenvalue weighted by Gasteiger charge is 2.27. The fraction of sp³-hybridized carbons (Fsp3) is 0.526. The Kier molecular flexibility index (Phi) is 10.8. The largest absolute Gasteiger partial charge is 0.350 e. The van der Waals surface area contributed by atoms with Gasteiger partial charge in [0, 0.05) is 13.1 Å². The summed E-state index contributed by atoms with van der Waals surface area (Å²) in [7, 11) is 0. The Morgan fingerprint density at radius 2 is 1.54 bits per heavy atom. The summed E-state index contributed by atoms with van der Waals surface area (Å²) in [6.07, 6.45) is 1.36. The van der Waals surface area contributed by atoms with E-state index in [2.05, 4.69) is 16.0 Å². The van der Waals surface area contributed by atoms with Crippen LogP contribution in [0.15, 0.2) is 30.3 Å². The van der Waals surface area contributed by atoms with Crippen molar-refractivity contribution in [1.29, 1.82) is 0 Å². The van der Waals surface area contributed by atoms with Crippen molar-refractivity contribution in [3.8, 4) is 0 Å². The van der Waals surface area contributed by atoms with Crippen molar-refractivity contribution in [3.63, 3.8) is 0 Å². The van der Waals surface area contributed by atoms with Crippen molar-refractivity contribution >= 4 is 17.7 Å². The Hall–Kier alpha value is -2.49. The molecule has 0 aliphatic rings. The third-order valence-electron chi connectivity index (χ3n) is 4.20. The molecule has 3 unspecified atom stereocenters. The monoisotopic (exact) mass is 392 g/mol. The van der Waals surface area contributed by atoms with E-state index in [4.69, 9.17) is 17.2 Å². The van der Waals surface area contributed by atoms with E-state index in [1.165, 1.54) is 0 Å². The van der Waals surface area contributed by atoms with Crippen LogP contribution in [0.5, 0.6) is 0 Å². The topological polar surface area (TPSA) is 165 Å². The number of carbonyl (C=O) groups is 3. The standard InChI is InChI=1S/C19H32N6O3/c1-2-6-15(24-17(26)14(22)11-21)19(28)25-16(9-10-20)18(27)23-12-13-7-4-3-5-8-13/h3-5,7-8,14-16H,2,6,9-12,20-22H2,1H3,(H,23,27)(H,24,26)(H,25,28). The third kappa shape index (κ3) is 8.03. The average molecular weight is 393 g/mol. The zero-order valence-electron chi connectivity index (χ0n) is 16.3. The first kappa shape index (κ1) is 23.5. The number of rotatable bonds is 12. The third-order valence-corrected chi connectivity index (χ3v) is 4.20. The van der Waals surface area contributed by atoms with Gasteiger partial charge in [-0.3, -0.25) is 14.4 Å². The summed E-state index contributed by atoms with van der Waals surface area (Å²) in [5.41, 5.74) is 17.5. The fourth-order valence-electron chi connectivity index (χ4n) is 2.56. The average Bonchev–Trinajstić information content (AvgIpc) is 2.71. The van der Waals surface area contributed by atoms with Crippen LogP contribution in [-0.2, 0) is 20.9 Å². The second-order valence-corrected chi connectivity index (χ2v) is 6.53. The number of benzene rings is 1. The van der Waals surface area contributed by atoms with Crippen LogP contribution >= 0.6 is 0 Å². The maximum absolute atomic E-state index is 12.6. The summed E-state index contributed by atoms with van der Waals surface area (Å²) in [4.78, 5) is 37.1. The van der Waals surface area contributed by atoms with E-state index in [0.29, 0.717) is 19.4 Å². The van der Waals surface area contributed by atoms with Crippen molar-refractivity contribution in [3.05, 3.63) is 35.9 Å². The van der Waals surface area contributed by atoms with Gasteiger partial charge >= 0.3 is 0 Å². The number of nitrogens with two attached hydrogens (primary N) is 3. The van der Waals surface area contributed by atoms with Crippen LogP contribution in [0.2, 0.25) is 0 Å². The molecule has 0 spiro atoms. The lowest BCUT2D eigenvalue weighted by Crippen LogP contribution is -2.56. The van der Waals surface area contributed by atoms with Gasteiger partial charge in [0.25, 0.3) is 0 Å². The van der Waals surface area contributed by atoms with Crippen LogP contribution < -0.4 is 33.2 Å². The van der Waals surface area contributed by atoms with E-state index >= 15 is 0 Å². The van der Waals surface area contributed by atoms with E-state index in [-0.39, 0.29) is 25.4 Å². The van der Waals surface area contributed by atoms with Gasteiger partial charge in [0.1, 0.15) is 12.1 Å². The van der Waals surface area contributed by atoms with Gasteiger partial charge in [-0.1, -0.05) is 43.7 Å². The molecule has 0 fully saturated rings. The molecule has 9 nitrogen and oxygen atoms in total. The Morgan fingerprint density at radius 3 is 2.11 bits per heavy atom. The maximum Gasteiger partial charge on any atom is 0.243 e. The molecule has 28 heavy (non-hydrogen) atoms. The molecule has 1 rings (SSSR count). The summed E-state index contributed by atoms with van der Waals surface area (Å²) in [5, 5.41) is 8.07. The van der Waals surface area contributed by atoms with Gasteiger partial charge in [-0.2, -0.15) is 0 Å². The summed E-state index contributed by atoms with van der Waals surface area (Å²) in [6, 6.07) is 6.96. The number of hydrogen-bond acceptors (Lipinski definition) is 6. The second-order valence-electron chi connectivity index (χ2n) is 6.53. The number of amides is 3. The van der Waals surface area contributed by atoms with Crippen molar-refractivity contribution < 1.29 is 14.4 Å². The lowest BCUT2D eigenvalue weighted by molar-refractivity contribution is -0.132. The molecule has 0 aromatic heterocycles. The van der Waals surface area contributed by atoms with Gasteiger partial charge in [0.15, 0.2) is 0 Å². The number of hydrogen-bond donors (Lipinski definition) is 6. The molecule has 0 heterocycles. The first-order valence-corrected chi connectivity index (χ1v) is 9.51. The summed E-state index contributed by atoms with van der Waals surface area (Å²) < 4.78 is 0. The fourth-order valence-corrected chi connectivity index (χ4v) is 2.56. The minimum atomic E-state index is -0.888. The first-order chi connectivity index (χ1) is 13.4. The molecule has 156 valence electrons. The highest BCUT2D eigenvalue weighted by atomic mass is 16.2. The van der Waals surface area contributed by atoms with Crippen LogP contribution in [0.4, 0.5) is 0 Å². The van der Waals surface area contributed by atoms with Gasteiger partial charge in [0.2, 0.25) is 17.7 Å². The molecule has 0 saturated carbocycles. The van der Waals surface area contributed by atoms with E-state index < -0.39 is 29.9 Å². The number of nitrogens with one attached hydrogen (secondary N) is 3. The van der Waals surface area contributed by atoms with Gasteiger partial charge < -0.3 is 33.2 Å². The van der Waals surface area contributed by atoms with Gasteiger partial charge in [-0.15, -0.1) is 0 Å². The molecule has 0 saturated heterocycles. The predicted molar refractivity (Wildman–Crippen MR) is 108 cm³/mol. The van der Waals surface area contributed by atoms with Gasteiger partial charge in [-0.05, 0) is 24.9 Å². The second kappa shape index (κ2) is 12.8. The van der Waals surface area contributed by atoms with E-state index in [9.17, 15) is 14.4 Å². The number of carbonyl (C=O) groups excluding carboxylic acids is 3. The molecule has 3 amide bonds. The molecule has 0 radical (unpaired) electrons. The smallest absolute Gasteiger partial charge is 0.243 e. The summed E-state index contributed by atoms with van der Waals surface area (Å²) >= 11 is 0. The van der Waals surface area contributed by atoms with Crippen LogP contribution in [0, 0.1) is 0 Å². The SMILES string of the molecule is CCCC(NC(=O)C(N)CN)C(=O)NC(CCN)C(=O)NCc1ccccc1. The van der Waals surface area contributed by atoms with Crippen molar-refractivity contribution in [2.75, 3.05) is 13.1 Å². The molecule has 0 aliphatic carbocycles. The summed E-state index contributed by atoms with van der Waals surface area (Å²) in [6.45, 7) is 2.44. The van der Waals surface area contributed by atoms with E-state index in [1.54, 1.807) is 0 Å². The zero-order valence-corrected chi connectivity index (χ0v) is 16.3. The minimum Gasteiger partial charge on any atom is -0.350 e. The predicted octanol–water partition coefficient (Wildman–Crippen LogP) is -1.29. The van der Waals surface area contributed by atoms with E-state index in [1.807, 2.05) is 37.3 Å². The Morgan fingerprint density at radius 1 is 0.929 bits per heavy atom. The molecular weight excluding hydrogens is 360 g/mol. The molecule has 1 aromatic rings. The van der Waals surface area contributed by atoms with Gasteiger partial charge in [-0.25, -0.2) is 0 Å². The Balaban J connectivity index is 2.70. The van der Waals surface area contributed by atoms with Gasteiger partial charge in [0.05, 0.1) is 6.04 Å². The van der Waals surface area contributed by atoms with Crippen LogP contribution in [-0.4, -0.2) is 48.9 Å². The van der Waals surface area contributed by atoms with Crippen molar-refractivity contribution in [2.45, 2.75) is 50.9 Å². The quantitative estimate of drug-likeness (QED) is 0.259. The normalized spacial score (nSPS) is 13.9. The molecule has 9 heteroatoms. The highest BCUT2D eigenvalue weighted by Crippen LogP contribution is 2.02. The molecular formula is C19H32N6O3. The molecule has 9 N–H and O–H groups in total.